The highest BCUT2D eigenvalue weighted by molar-refractivity contribution is 7.80. The van der Waals surface area contributed by atoms with Crippen LogP contribution in [0, 0.1) is 0 Å². The number of hydrogen-bond acceptors (Lipinski definition) is 3. The van der Waals surface area contributed by atoms with E-state index in [2.05, 4.69) is 46.7 Å². The number of para-hydroxylation sites is 1. The van der Waals surface area contributed by atoms with Crippen LogP contribution in [0.3, 0.4) is 0 Å². The average molecular weight is 390 g/mol. The van der Waals surface area contributed by atoms with Gasteiger partial charge in [-0.05, 0) is 36.8 Å². The minimum atomic E-state index is 0.123. The molecule has 0 spiro atoms. The van der Waals surface area contributed by atoms with Crippen LogP contribution < -0.4 is 10.6 Å². The minimum absolute atomic E-state index is 0.123. The second-order valence-electron chi connectivity index (χ2n) is 6.37. The van der Waals surface area contributed by atoms with E-state index in [9.17, 15) is 0 Å². The molecule has 1 aliphatic heterocycles. The Morgan fingerprint density at radius 3 is 2.42 bits per heavy atom. The Morgan fingerprint density at radius 1 is 1.08 bits per heavy atom. The first-order valence-electron chi connectivity index (χ1n) is 8.84. The summed E-state index contributed by atoms with van der Waals surface area (Å²) in [4.78, 5) is 2.45. The van der Waals surface area contributed by atoms with Crippen LogP contribution in [0.15, 0.2) is 54.6 Å². The molecule has 1 fully saturated rings. The van der Waals surface area contributed by atoms with Gasteiger partial charge in [0, 0.05) is 19.1 Å². The number of nitrogens with one attached hydrogen (secondary N) is 2. The Bertz CT molecular complexity index is 722. The Hall–Kier alpha value is -1.66. The highest BCUT2D eigenvalue weighted by Gasteiger charge is 2.28. The number of hydrogen-bond donors (Lipinski definition) is 2. The van der Waals surface area contributed by atoms with Crippen molar-refractivity contribution in [1.29, 1.82) is 0 Å². The van der Waals surface area contributed by atoms with Crippen molar-refractivity contribution in [2.24, 2.45) is 0 Å². The summed E-state index contributed by atoms with van der Waals surface area (Å²) in [5.41, 5.74) is 2.08. The van der Waals surface area contributed by atoms with Crippen molar-refractivity contribution in [2.75, 3.05) is 31.6 Å². The van der Waals surface area contributed by atoms with Gasteiger partial charge in [-0.25, -0.2) is 0 Å². The summed E-state index contributed by atoms with van der Waals surface area (Å²) in [5.74, 6) is 0. The zero-order valence-electron chi connectivity index (χ0n) is 14.8. The molecule has 138 valence electrons. The van der Waals surface area contributed by atoms with E-state index in [4.69, 9.17) is 28.6 Å². The van der Waals surface area contributed by atoms with Gasteiger partial charge in [0.25, 0.3) is 0 Å². The predicted octanol–water partition coefficient (Wildman–Crippen LogP) is 4.09. The lowest BCUT2D eigenvalue weighted by Gasteiger charge is -2.38. The van der Waals surface area contributed by atoms with Gasteiger partial charge in [0.2, 0.25) is 0 Å². The van der Waals surface area contributed by atoms with Gasteiger partial charge in [0.15, 0.2) is 5.11 Å². The van der Waals surface area contributed by atoms with E-state index in [1.807, 2.05) is 30.3 Å². The van der Waals surface area contributed by atoms with Crippen LogP contribution >= 0.6 is 23.8 Å². The third-order valence-corrected chi connectivity index (χ3v) is 5.08. The molecule has 2 N–H and O–H groups in total. The van der Waals surface area contributed by atoms with Crippen LogP contribution in [0.4, 0.5) is 5.69 Å². The third kappa shape index (κ3) is 4.95. The highest BCUT2D eigenvalue weighted by atomic mass is 35.5. The van der Waals surface area contributed by atoms with Gasteiger partial charge in [-0.1, -0.05) is 54.1 Å². The topological polar surface area (TPSA) is 36.5 Å². The lowest BCUT2D eigenvalue weighted by molar-refractivity contribution is 0.0102. The van der Waals surface area contributed by atoms with Crippen molar-refractivity contribution in [3.05, 3.63) is 65.2 Å². The lowest BCUT2D eigenvalue weighted by atomic mass is 9.98. The monoisotopic (exact) mass is 389 g/mol. The maximum absolute atomic E-state index is 6.21. The molecule has 0 saturated carbocycles. The van der Waals surface area contributed by atoms with Crippen molar-refractivity contribution >= 4 is 34.6 Å². The quantitative estimate of drug-likeness (QED) is 0.753. The Balaban J connectivity index is 1.71. The van der Waals surface area contributed by atoms with Crippen molar-refractivity contribution < 1.29 is 4.74 Å². The van der Waals surface area contributed by atoms with E-state index < -0.39 is 0 Å². The number of halogens is 1. The summed E-state index contributed by atoms with van der Waals surface area (Å²) in [6.45, 7) is 5.51. The summed E-state index contributed by atoms with van der Waals surface area (Å²) >= 11 is 11.7. The molecule has 0 bridgehead atoms. The van der Waals surface area contributed by atoms with Crippen LogP contribution in [0.1, 0.15) is 18.5 Å². The minimum Gasteiger partial charge on any atom is -0.379 e. The molecule has 1 aliphatic rings. The Morgan fingerprint density at radius 2 is 1.73 bits per heavy atom. The van der Waals surface area contributed by atoms with Gasteiger partial charge in [-0.2, -0.15) is 0 Å². The molecule has 6 heteroatoms. The number of benzene rings is 2. The Kier molecular flexibility index (Phi) is 6.86. The zero-order valence-corrected chi connectivity index (χ0v) is 16.4. The number of anilines is 1. The van der Waals surface area contributed by atoms with Crippen LogP contribution in [0.5, 0.6) is 0 Å². The molecule has 4 nitrogen and oxygen atoms in total. The molecule has 3 rings (SSSR count). The van der Waals surface area contributed by atoms with Gasteiger partial charge in [-0.3, -0.25) is 4.90 Å². The third-order valence-electron chi connectivity index (χ3n) is 4.53. The fraction of sp³-hybridized carbons (Fsp3) is 0.350. The highest BCUT2D eigenvalue weighted by Crippen LogP contribution is 2.26. The number of nitrogens with zero attached hydrogens (tertiary/aromatic N) is 1. The predicted molar refractivity (Wildman–Crippen MR) is 112 cm³/mol. The van der Waals surface area contributed by atoms with E-state index in [0.717, 1.165) is 32.0 Å². The molecule has 1 saturated heterocycles. The largest absolute Gasteiger partial charge is 0.379 e. The van der Waals surface area contributed by atoms with Crippen molar-refractivity contribution in [3.8, 4) is 0 Å². The standard InChI is InChI=1S/C20H24ClN3OS/c1-15(22-20(26)23-18-10-6-5-9-17(18)21)19(16-7-3-2-4-8-16)24-11-13-25-14-12-24/h2-10,15,19H,11-14H2,1H3,(H2,22,23,26)/t15-,19-/m1/s1. The van der Waals surface area contributed by atoms with Gasteiger partial charge < -0.3 is 15.4 Å². The maximum atomic E-state index is 6.21. The fourth-order valence-corrected chi connectivity index (χ4v) is 3.81. The van der Waals surface area contributed by atoms with E-state index >= 15 is 0 Å². The molecule has 0 aliphatic carbocycles. The SMILES string of the molecule is C[C@@H](NC(=S)Nc1ccccc1Cl)[C@H](c1ccccc1)N1CCOCC1. The second kappa shape index (κ2) is 9.33. The summed E-state index contributed by atoms with van der Waals surface area (Å²) in [6, 6.07) is 18.5. The molecule has 2 aromatic carbocycles. The lowest BCUT2D eigenvalue weighted by Crippen LogP contribution is -2.49. The molecule has 1 heterocycles. The molecule has 2 aromatic rings. The smallest absolute Gasteiger partial charge is 0.171 e. The summed E-state index contributed by atoms with van der Waals surface area (Å²) in [5, 5.41) is 7.85. The number of morpholine rings is 1. The first kappa shape index (κ1) is 19.1. The van der Waals surface area contributed by atoms with E-state index in [-0.39, 0.29) is 12.1 Å². The molecular weight excluding hydrogens is 366 g/mol. The summed E-state index contributed by atoms with van der Waals surface area (Å²) in [7, 11) is 0. The molecular formula is C20H24ClN3OS. The Labute approximate surface area is 165 Å². The van der Waals surface area contributed by atoms with Crippen molar-refractivity contribution in [3.63, 3.8) is 0 Å². The summed E-state index contributed by atoms with van der Waals surface area (Å²) in [6.07, 6.45) is 0. The van der Waals surface area contributed by atoms with E-state index in [1.165, 1.54) is 5.56 Å². The van der Waals surface area contributed by atoms with Gasteiger partial charge >= 0.3 is 0 Å². The van der Waals surface area contributed by atoms with Gasteiger partial charge in [0.1, 0.15) is 0 Å². The normalized spacial score (nSPS) is 17.3. The van der Waals surface area contributed by atoms with E-state index in [1.54, 1.807) is 0 Å². The van der Waals surface area contributed by atoms with Gasteiger partial charge in [0.05, 0.1) is 30.0 Å². The van der Waals surface area contributed by atoms with E-state index in [0.29, 0.717) is 10.1 Å². The summed E-state index contributed by atoms with van der Waals surface area (Å²) < 4.78 is 5.52. The molecule has 26 heavy (non-hydrogen) atoms. The van der Waals surface area contributed by atoms with Gasteiger partial charge in [-0.15, -0.1) is 0 Å². The fourth-order valence-electron chi connectivity index (χ4n) is 3.33. The number of thiocarbonyl (C=S) groups is 1. The van der Waals surface area contributed by atoms with Crippen LogP contribution in [-0.2, 0) is 4.74 Å². The first-order valence-corrected chi connectivity index (χ1v) is 9.62. The maximum Gasteiger partial charge on any atom is 0.171 e. The van der Waals surface area contributed by atoms with Crippen molar-refractivity contribution in [2.45, 2.75) is 19.0 Å². The number of rotatable bonds is 5. The molecule has 0 radical (unpaired) electrons. The number of ether oxygens (including phenoxy) is 1. The first-order chi connectivity index (χ1) is 12.6. The molecule has 0 aromatic heterocycles. The van der Waals surface area contributed by atoms with Crippen molar-refractivity contribution in [1.82, 2.24) is 10.2 Å². The molecule has 0 unspecified atom stereocenters. The second-order valence-corrected chi connectivity index (χ2v) is 7.19. The zero-order chi connectivity index (χ0) is 18.4. The molecule has 0 amide bonds. The van der Waals surface area contributed by atoms with Crippen LogP contribution in [0.25, 0.3) is 0 Å². The average Bonchev–Trinajstić information content (AvgIpc) is 2.65. The molecule has 2 atom stereocenters. The van der Waals surface area contributed by atoms with Crippen LogP contribution in [0.2, 0.25) is 5.02 Å². The van der Waals surface area contributed by atoms with Crippen LogP contribution in [-0.4, -0.2) is 42.4 Å².